The zero-order chi connectivity index (χ0) is 18.5. The maximum Gasteiger partial charge on any atom is 0.270 e. The van der Waals surface area contributed by atoms with Crippen molar-refractivity contribution in [1.29, 1.82) is 0 Å². The lowest BCUT2D eigenvalue weighted by atomic mass is 9.71. The van der Waals surface area contributed by atoms with Gasteiger partial charge in [0.05, 0.1) is 16.2 Å². The zero-order valence-electron chi connectivity index (χ0n) is 14.6. The summed E-state index contributed by atoms with van der Waals surface area (Å²) >= 11 is 0. The van der Waals surface area contributed by atoms with Crippen LogP contribution in [0.3, 0.4) is 0 Å². The quantitative estimate of drug-likeness (QED) is 0.498. The topological polar surface area (TPSA) is 76.3 Å². The minimum absolute atomic E-state index is 0.0708. The van der Waals surface area contributed by atoms with Gasteiger partial charge in [-0.1, -0.05) is 30.3 Å². The zero-order valence-corrected chi connectivity index (χ0v) is 14.6. The molecule has 1 aromatic heterocycles. The molecule has 27 heavy (non-hydrogen) atoms. The third kappa shape index (κ3) is 2.58. The van der Waals surface area contributed by atoms with Crippen molar-refractivity contribution in [2.45, 2.75) is 25.2 Å². The molecule has 0 fully saturated rings. The summed E-state index contributed by atoms with van der Waals surface area (Å²) in [5.74, 6) is 0.943. The summed E-state index contributed by atoms with van der Waals surface area (Å²) in [4.78, 5) is 15.9. The number of nitrogens with zero attached hydrogens (tertiary/aromatic N) is 2. The van der Waals surface area contributed by atoms with E-state index in [1.54, 1.807) is 12.1 Å². The molecule has 1 heterocycles. The molecule has 2 aromatic carbocycles. The molecule has 2 atom stereocenters. The third-order valence-electron chi connectivity index (χ3n) is 5.69. The Balaban J connectivity index is 1.86. The number of nitro groups is 1. The predicted octanol–water partition coefficient (Wildman–Crippen LogP) is 5.30. The first kappa shape index (κ1) is 16.0. The summed E-state index contributed by atoms with van der Waals surface area (Å²) in [5.41, 5.74) is 5.12. The second-order valence-electron chi connectivity index (χ2n) is 7.43. The normalized spacial score (nSPS) is 20.8. The first-order valence-electron chi connectivity index (χ1n) is 9.16. The van der Waals surface area contributed by atoms with Crippen LogP contribution in [0.25, 0.3) is 22.0 Å². The first-order chi connectivity index (χ1) is 13.1. The molecule has 0 amide bonds. The van der Waals surface area contributed by atoms with Crippen LogP contribution in [0.1, 0.15) is 30.0 Å². The van der Waals surface area contributed by atoms with Crippen molar-refractivity contribution >= 4 is 16.6 Å². The fourth-order valence-electron chi connectivity index (χ4n) is 4.66. The molecule has 5 rings (SSSR count). The van der Waals surface area contributed by atoms with Crippen LogP contribution in [0, 0.1) is 16.0 Å². The number of aliphatic hydroxyl groups is 1. The van der Waals surface area contributed by atoms with Crippen LogP contribution in [0.15, 0.2) is 60.4 Å². The van der Waals surface area contributed by atoms with Crippen molar-refractivity contribution in [2.75, 3.05) is 0 Å². The van der Waals surface area contributed by atoms with E-state index in [1.165, 1.54) is 6.07 Å². The van der Waals surface area contributed by atoms with Gasteiger partial charge in [-0.15, -0.1) is 0 Å². The van der Waals surface area contributed by atoms with Gasteiger partial charge in [0.25, 0.3) is 5.69 Å². The van der Waals surface area contributed by atoms with E-state index in [4.69, 9.17) is 4.98 Å². The molecule has 134 valence electrons. The number of aliphatic hydroxyl groups excluding tert-OH is 1. The van der Waals surface area contributed by atoms with E-state index in [1.807, 2.05) is 36.4 Å². The van der Waals surface area contributed by atoms with Gasteiger partial charge < -0.3 is 5.11 Å². The van der Waals surface area contributed by atoms with Crippen molar-refractivity contribution in [3.05, 3.63) is 81.7 Å². The SMILES string of the molecule is O=[N+]([O-])c1ccc2nc3c(c(-c4ccccc4)c2c1)[C@@H]1CC(O)=C[C@H](C3)C1. The Morgan fingerprint density at radius 1 is 1.11 bits per heavy atom. The molecular formula is C22H18N2O3. The van der Waals surface area contributed by atoms with Crippen LogP contribution in [-0.4, -0.2) is 15.0 Å². The van der Waals surface area contributed by atoms with Gasteiger partial charge in [0.1, 0.15) is 0 Å². The molecule has 0 spiro atoms. The van der Waals surface area contributed by atoms with Crippen molar-refractivity contribution in [3.63, 3.8) is 0 Å². The highest BCUT2D eigenvalue weighted by Gasteiger charge is 2.34. The number of non-ortho nitro benzene ring substituents is 1. The number of fused-ring (bicyclic) bond motifs is 5. The molecule has 1 N–H and O–H groups in total. The smallest absolute Gasteiger partial charge is 0.270 e. The van der Waals surface area contributed by atoms with Gasteiger partial charge >= 0.3 is 0 Å². The fourth-order valence-corrected chi connectivity index (χ4v) is 4.66. The number of pyridine rings is 1. The number of hydrogen-bond acceptors (Lipinski definition) is 4. The van der Waals surface area contributed by atoms with Crippen LogP contribution >= 0.6 is 0 Å². The Kier molecular flexibility index (Phi) is 3.50. The molecular weight excluding hydrogens is 340 g/mol. The highest BCUT2D eigenvalue weighted by molar-refractivity contribution is 5.98. The highest BCUT2D eigenvalue weighted by Crippen LogP contribution is 2.48. The number of aromatic nitrogens is 1. The van der Waals surface area contributed by atoms with Gasteiger partial charge in [-0.05, 0) is 53.5 Å². The van der Waals surface area contributed by atoms with Crippen molar-refractivity contribution in [3.8, 4) is 11.1 Å². The largest absolute Gasteiger partial charge is 0.513 e. The Bertz CT molecular complexity index is 1110. The summed E-state index contributed by atoms with van der Waals surface area (Å²) in [6.45, 7) is 0. The fraction of sp³-hybridized carbons (Fsp3) is 0.227. The third-order valence-corrected chi connectivity index (χ3v) is 5.69. The molecule has 2 bridgehead atoms. The maximum atomic E-state index is 11.3. The number of hydrogen-bond donors (Lipinski definition) is 1. The minimum atomic E-state index is -0.362. The average Bonchev–Trinajstić information content (AvgIpc) is 2.66. The van der Waals surface area contributed by atoms with Crippen LogP contribution in [0.4, 0.5) is 5.69 Å². The van der Waals surface area contributed by atoms with E-state index in [2.05, 4.69) is 0 Å². The molecule has 0 aliphatic heterocycles. The van der Waals surface area contributed by atoms with Crippen LogP contribution < -0.4 is 0 Å². The summed E-state index contributed by atoms with van der Waals surface area (Å²) in [7, 11) is 0. The number of nitro benzene ring substituents is 1. The Morgan fingerprint density at radius 2 is 1.93 bits per heavy atom. The van der Waals surface area contributed by atoms with E-state index in [0.717, 1.165) is 46.1 Å². The molecule has 2 aliphatic rings. The molecule has 2 aliphatic carbocycles. The summed E-state index contributed by atoms with van der Waals surface area (Å²) in [5, 5.41) is 22.3. The van der Waals surface area contributed by atoms with Gasteiger partial charge in [0.2, 0.25) is 0 Å². The monoisotopic (exact) mass is 358 g/mol. The van der Waals surface area contributed by atoms with Gasteiger partial charge in [0, 0.05) is 29.6 Å². The second-order valence-corrected chi connectivity index (χ2v) is 7.43. The molecule has 0 saturated carbocycles. The lowest BCUT2D eigenvalue weighted by molar-refractivity contribution is -0.384. The lowest BCUT2D eigenvalue weighted by Gasteiger charge is -2.35. The predicted molar refractivity (Wildman–Crippen MR) is 104 cm³/mol. The van der Waals surface area contributed by atoms with Crippen molar-refractivity contribution < 1.29 is 10.0 Å². The van der Waals surface area contributed by atoms with Gasteiger partial charge in [-0.25, -0.2) is 0 Å². The Hall–Kier alpha value is -3.21. The molecule has 0 unspecified atom stereocenters. The lowest BCUT2D eigenvalue weighted by Crippen LogP contribution is -2.24. The second kappa shape index (κ2) is 5.91. The average molecular weight is 358 g/mol. The number of benzene rings is 2. The molecule has 5 nitrogen and oxygen atoms in total. The number of allylic oxidation sites excluding steroid dienone is 2. The van der Waals surface area contributed by atoms with Crippen molar-refractivity contribution in [2.24, 2.45) is 5.92 Å². The first-order valence-corrected chi connectivity index (χ1v) is 9.16. The Morgan fingerprint density at radius 3 is 2.70 bits per heavy atom. The summed E-state index contributed by atoms with van der Waals surface area (Å²) in [6.07, 6.45) is 4.34. The van der Waals surface area contributed by atoms with Gasteiger partial charge in [0.15, 0.2) is 0 Å². The van der Waals surface area contributed by atoms with E-state index < -0.39 is 0 Å². The standard InChI is InChI=1S/C22H18N2O3/c25-17-9-13-8-15(11-17)22-20(10-13)23-19-7-6-16(24(26)27)12-18(19)21(22)14-4-2-1-3-5-14/h1-7,9,12-13,15,25H,8,10-11H2/t13-,15+/m1/s1. The van der Waals surface area contributed by atoms with E-state index in [0.29, 0.717) is 18.1 Å². The molecule has 5 heteroatoms. The molecule has 3 aromatic rings. The highest BCUT2D eigenvalue weighted by atomic mass is 16.6. The van der Waals surface area contributed by atoms with Crippen molar-refractivity contribution in [1.82, 2.24) is 4.98 Å². The minimum Gasteiger partial charge on any atom is -0.513 e. The van der Waals surface area contributed by atoms with E-state index in [-0.39, 0.29) is 16.5 Å². The van der Waals surface area contributed by atoms with E-state index >= 15 is 0 Å². The van der Waals surface area contributed by atoms with Gasteiger partial charge in [-0.3, -0.25) is 15.1 Å². The van der Waals surface area contributed by atoms with Crippen LogP contribution in [-0.2, 0) is 6.42 Å². The Labute approximate surface area is 156 Å². The summed E-state index contributed by atoms with van der Waals surface area (Å²) in [6, 6.07) is 14.9. The van der Waals surface area contributed by atoms with Crippen LogP contribution in [0.2, 0.25) is 0 Å². The molecule has 0 radical (unpaired) electrons. The van der Waals surface area contributed by atoms with Gasteiger partial charge in [-0.2, -0.15) is 0 Å². The maximum absolute atomic E-state index is 11.3. The van der Waals surface area contributed by atoms with Crippen LogP contribution in [0.5, 0.6) is 0 Å². The van der Waals surface area contributed by atoms with E-state index in [9.17, 15) is 15.2 Å². The number of rotatable bonds is 2. The molecule has 0 saturated heterocycles. The summed E-state index contributed by atoms with van der Waals surface area (Å²) < 4.78 is 0.